The zero-order chi connectivity index (χ0) is 12.3. The Labute approximate surface area is 117 Å². The quantitative estimate of drug-likeness (QED) is 0.877. The summed E-state index contributed by atoms with van der Waals surface area (Å²) in [4.78, 5) is 2.26. The first-order valence-corrected chi connectivity index (χ1v) is 7.78. The highest BCUT2D eigenvalue weighted by Crippen LogP contribution is 2.25. The molecule has 0 spiro atoms. The molecule has 0 amide bonds. The van der Waals surface area contributed by atoms with E-state index < -0.39 is 5.60 Å². The Balaban J connectivity index is 1.86. The van der Waals surface area contributed by atoms with Crippen LogP contribution in [0.1, 0.15) is 16.7 Å². The Kier molecular flexibility index (Phi) is 4.38. The van der Waals surface area contributed by atoms with Gasteiger partial charge in [-0.15, -0.1) is 22.7 Å². The van der Waals surface area contributed by atoms with Crippen LogP contribution in [0.2, 0.25) is 0 Å². The number of thiophene rings is 2. The summed E-state index contributed by atoms with van der Waals surface area (Å²) in [6.45, 7) is 3.19. The van der Waals surface area contributed by atoms with Crippen molar-refractivity contribution in [3.8, 4) is 0 Å². The van der Waals surface area contributed by atoms with Gasteiger partial charge in [0.25, 0.3) is 0 Å². The van der Waals surface area contributed by atoms with Crippen LogP contribution in [0.3, 0.4) is 0 Å². The van der Waals surface area contributed by atoms with Crippen molar-refractivity contribution >= 4 is 38.6 Å². The minimum absolute atomic E-state index is 0.559. The topological polar surface area (TPSA) is 32.3 Å². The lowest BCUT2D eigenvalue weighted by molar-refractivity contribution is 0.0605. The van der Waals surface area contributed by atoms with Gasteiger partial charge in [-0.1, -0.05) is 6.07 Å². The van der Waals surface area contributed by atoms with Crippen molar-refractivity contribution in [3.05, 3.63) is 43.2 Å². The van der Waals surface area contributed by atoms with E-state index in [9.17, 15) is 5.11 Å². The van der Waals surface area contributed by atoms with Crippen LogP contribution in [-0.4, -0.2) is 11.7 Å². The van der Waals surface area contributed by atoms with Crippen LogP contribution >= 0.6 is 38.6 Å². The van der Waals surface area contributed by atoms with E-state index in [4.69, 9.17) is 0 Å². The number of nitrogens with one attached hydrogen (secondary N) is 1. The minimum Gasteiger partial charge on any atom is -0.383 e. The Bertz CT molecular complexity index is 465. The molecule has 5 heteroatoms. The summed E-state index contributed by atoms with van der Waals surface area (Å²) in [5.74, 6) is 0. The standard InChI is InChI=1S/C12H14BrNOS2/c1-12(15,10-3-2-6-16-10)8-14-7-9-4-5-11(13)17-9/h2-6,14-15H,7-8H2,1H3. The van der Waals surface area contributed by atoms with Crippen molar-refractivity contribution in [2.45, 2.75) is 19.1 Å². The highest BCUT2D eigenvalue weighted by molar-refractivity contribution is 9.11. The molecule has 92 valence electrons. The van der Waals surface area contributed by atoms with Crippen molar-refractivity contribution in [1.82, 2.24) is 5.32 Å². The molecule has 2 N–H and O–H groups in total. The van der Waals surface area contributed by atoms with Gasteiger partial charge in [0.15, 0.2) is 0 Å². The molecule has 1 atom stereocenters. The average molecular weight is 332 g/mol. The Morgan fingerprint density at radius 2 is 2.24 bits per heavy atom. The van der Waals surface area contributed by atoms with Gasteiger partial charge in [0, 0.05) is 22.8 Å². The van der Waals surface area contributed by atoms with Crippen LogP contribution in [-0.2, 0) is 12.1 Å². The molecule has 0 fully saturated rings. The van der Waals surface area contributed by atoms with Crippen LogP contribution < -0.4 is 5.32 Å². The summed E-state index contributed by atoms with van der Waals surface area (Å²) in [5, 5.41) is 15.6. The maximum absolute atomic E-state index is 10.3. The molecule has 0 saturated carbocycles. The summed E-state index contributed by atoms with van der Waals surface area (Å²) in [6.07, 6.45) is 0. The van der Waals surface area contributed by atoms with Crippen molar-refractivity contribution in [2.75, 3.05) is 6.54 Å². The van der Waals surface area contributed by atoms with E-state index in [0.29, 0.717) is 6.54 Å². The maximum atomic E-state index is 10.3. The first kappa shape index (κ1) is 13.2. The highest BCUT2D eigenvalue weighted by atomic mass is 79.9. The second kappa shape index (κ2) is 5.63. The zero-order valence-electron chi connectivity index (χ0n) is 9.44. The summed E-state index contributed by atoms with van der Waals surface area (Å²) < 4.78 is 1.14. The zero-order valence-corrected chi connectivity index (χ0v) is 12.7. The summed E-state index contributed by atoms with van der Waals surface area (Å²) in [6, 6.07) is 8.06. The van der Waals surface area contributed by atoms with Crippen molar-refractivity contribution in [1.29, 1.82) is 0 Å². The van der Waals surface area contributed by atoms with Crippen molar-refractivity contribution in [2.24, 2.45) is 0 Å². The molecule has 0 radical (unpaired) electrons. The monoisotopic (exact) mass is 331 g/mol. The molecular weight excluding hydrogens is 318 g/mol. The first-order valence-electron chi connectivity index (χ1n) is 5.29. The third-order valence-electron chi connectivity index (χ3n) is 2.45. The second-order valence-corrected chi connectivity index (χ2v) is 7.56. The Morgan fingerprint density at radius 1 is 1.41 bits per heavy atom. The Hall–Kier alpha value is -0.200. The molecule has 2 nitrogen and oxygen atoms in total. The fraction of sp³-hybridized carbons (Fsp3) is 0.333. The largest absolute Gasteiger partial charge is 0.383 e. The smallest absolute Gasteiger partial charge is 0.108 e. The third-order valence-corrected chi connectivity index (χ3v) is 5.20. The predicted molar refractivity (Wildman–Crippen MR) is 77.6 cm³/mol. The van der Waals surface area contributed by atoms with Crippen LogP contribution in [0.25, 0.3) is 0 Å². The van der Waals surface area contributed by atoms with Crippen LogP contribution in [0.4, 0.5) is 0 Å². The van der Waals surface area contributed by atoms with E-state index in [1.807, 2.05) is 30.5 Å². The van der Waals surface area contributed by atoms with Crippen LogP contribution in [0.5, 0.6) is 0 Å². The molecule has 0 bridgehead atoms. The highest BCUT2D eigenvalue weighted by Gasteiger charge is 2.23. The molecular formula is C12H14BrNOS2. The van der Waals surface area contributed by atoms with E-state index in [2.05, 4.69) is 27.3 Å². The van der Waals surface area contributed by atoms with Crippen LogP contribution in [0.15, 0.2) is 33.4 Å². The van der Waals surface area contributed by atoms with Gasteiger partial charge in [0.2, 0.25) is 0 Å². The van der Waals surface area contributed by atoms with E-state index in [0.717, 1.165) is 15.2 Å². The lowest BCUT2D eigenvalue weighted by atomic mass is 10.1. The van der Waals surface area contributed by atoms with Gasteiger partial charge in [0.05, 0.1) is 3.79 Å². The number of aliphatic hydroxyl groups is 1. The normalized spacial score (nSPS) is 14.8. The summed E-state index contributed by atoms with van der Waals surface area (Å²) >= 11 is 6.73. The number of hydrogen-bond donors (Lipinski definition) is 2. The molecule has 2 aromatic rings. The van der Waals surface area contributed by atoms with Gasteiger partial charge >= 0.3 is 0 Å². The van der Waals surface area contributed by atoms with Gasteiger partial charge in [-0.2, -0.15) is 0 Å². The molecule has 1 unspecified atom stereocenters. The van der Waals surface area contributed by atoms with Gasteiger partial charge in [0.1, 0.15) is 5.60 Å². The molecule has 0 aliphatic heterocycles. The number of rotatable bonds is 5. The molecule has 2 heterocycles. The third kappa shape index (κ3) is 3.63. The van der Waals surface area contributed by atoms with Gasteiger partial charge in [-0.3, -0.25) is 0 Å². The average Bonchev–Trinajstić information content (AvgIpc) is 2.89. The van der Waals surface area contributed by atoms with Crippen LogP contribution in [0, 0.1) is 0 Å². The predicted octanol–water partition coefficient (Wildman–Crippen LogP) is 3.57. The SMILES string of the molecule is CC(O)(CNCc1ccc(Br)s1)c1cccs1. The van der Waals surface area contributed by atoms with E-state index in [-0.39, 0.29) is 0 Å². The lowest BCUT2D eigenvalue weighted by Crippen LogP contribution is -2.34. The maximum Gasteiger partial charge on any atom is 0.108 e. The fourth-order valence-electron chi connectivity index (χ4n) is 1.55. The van der Waals surface area contributed by atoms with Crippen molar-refractivity contribution in [3.63, 3.8) is 0 Å². The Morgan fingerprint density at radius 3 is 2.82 bits per heavy atom. The summed E-state index contributed by atoms with van der Waals surface area (Å²) in [5.41, 5.74) is -0.789. The van der Waals surface area contributed by atoms with E-state index in [1.54, 1.807) is 22.7 Å². The summed E-state index contributed by atoms with van der Waals surface area (Å²) in [7, 11) is 0. The van der Waals surface area contributed by atoms with Gasteiger partial charge < -0.3 is 10.4 Å². The first-order chi connectivity index (χ1) is 8.08. The second-order valence-electron chi connectivity index (χ2n) is 4.06. The van der Waals surface area contributed by atoms with E-state index in [1.165, 1.54) is 4.88 Å². The number of hydrogen-bond acceptors (Lipinski definition) is 4. The molecule has 0 aliphatic rings. The molecule has 0 saturated heterocycles. The van der Waals surface area contributed by atoms with Gasteiger partial charge in [-0.05, 0) is 46.4 Å². The molecule has 17 heavy (non-hydrogen) atoms. The molecule has 0 aliphatic carbocycles. The molecule has 2 aromatic heterocycles. The molecule has 0 aromatic carbocycles. The fourth-order valence-corrected chi connectivity index (χ4v) is 3.79. The number of halogens is 1. The van der Waals surface area contributed by atoms with Crippen molar-refractivity contribution < 1.29 is 5.11 Å². The minimum atomic E-state index is -0.789. The van der Waals surface area contributed by atoms with Gasteiger partial charge in [-0.25, -0.2) is 0 Å². The lowest BCUT2D eigenvalue weighted by Gasteiger charge is -2.22. The van der Waals surface area contributed by atoms with E-state index >= 15 is 0 Å². The molecule has 2 rings (SSSR count).